The minimum Gasteiger partial charge on any atom is -0.468 e. The Labute approximate surface area is 81.2 Å². The van der Waals surface area contributed by atoms with Crippen molar-refractivity contribution in [2.24, 2.45) is 0 Å². The zero-order valence-electron chi connectivity index (χ0n) is 7.42. The number of nitrogens with zero attached hydrogens (tertiary/aromatic N) is 1. The topological polar surface area (TPSA) is 29.5 Å². The van der Waals surface area contributed by atoms with E-state index in [9.17, 15) is 4.79 Å². The number of alkyl halides is 1. The molecule has 0 saturated heterocycles. The van der Waals surface area contributed by atoms with Crippen molar-refractivity contribution in [2.75, 3.05) is 20.7 Å². The first-order chi connectivity index (χ1) is 5.65. The molecular formula is C8H14BrNO2. The van der Waals surface area contributed by atoms with Gasteiger partial charge in [0.15, 0.2) is 0 Å². The number of carbonyl (C=O) groups excluding carboxylic acids is 1. The average molecular weight is 236 g/mol. The minimum atomic E-state index is -0.192. The van der Waals surface area contributed by atoms with Crippen molar-refractivity contribution in [3.8, 4) is 0 Å². The second kappa shape index (κ2) is 4.23. The van der Waals surface area contributed by atoms with Crippen molar-refractivity contribution in [3.63, 3.8) is 0 Å². The lowest BCUT2D eigenvalue weighted by atomic mass is 10.4. The Hall–Kier alpha value is -0.0900. The number of carbonyl (C=O) groups is 1. The molecule has 0 heterocycles. The molecule has 0 amide bonds. The Balaban J connectivity index is 2.23. The third-order valence-electron chi connectivity index (χ3n) is 2.08. The molecule has 1 rings (SSSR count). The van der Waals surface area contributed by atoms with Gasteiger partial charge in [0, 0.05) is 12.6 Å². The van der Waals surface area contributed by atoms with Crippen molar-refractivity contribution < 1.29 is 9.53 Å². The first kappa shape index (κ1) is 9.99. The zero-order chi connectivity index (χ0) is 9.14. The van der Waals surface area contributed by atoms with E-state index in [-0.39, 0.29) is 10.8 Å². The summed E-state index contributed by atoms with van der Waals surface area (Å²) in [5.41, 5.74) is 0. The van der Waals surface area contributed by atoms with Gasteiger partial charge < -0.3 is 9.64 Å². The Kier molecular flexibility index (Phi) is 3.53. The van der Waals surface area contributed by atoms with Crippen LogP contribution in [0.25, 0.3) is 0 Å². The summed E-state index contributed by atoms with van der Waals surface area (Å²) >= 11 is 3.28. The van der Waals surface area contributed by atoms with Crippen molar-refractivity contribution in [1.82, 2.24) is 4.90 Å². The van der Waals surface area contributed by atoms with Crippen LogP contribution in [0.3, 0.4) is 0 Å². The monoisotopic (exact) mass is 235 g/mol. The third-order valence-corrected chi connectivity index (χ3v) is 2.74. The molecular weight excluding hydrogens is 222 g/mol. The van der Waals surface area contributed by atoms with Crippen LogP contribution in [0, 0.1) is 0 Å². The summed E-state index contributed by atoms with van der Waals surface area (Å²) in [5, 5.41) is 0. The lowest BCUT2D eigenvalue weighted by molar-refractivity contribution is -0.140. The number of rotatable bonds is 4. The van der Waals surface area contributed by atoms with E-state index >= 15 is 0 Å². The van der Waals surface area contributed by atoms with E-state index in [0.29, 0.717) is 6.04 Å². The van der Waals surface area contributed by atoms with E-state index in [4.69, 9.17) is 0 Å². The second-order valence-electron chi connectivity index (χ2n) is 3.16. The van der Waals surface area contributed by atoms with Gasteiger partial charge in [-0.25, -0.2) is 0 Å². The van der Waals surface area contributed by atoms with Crippen molar-refractivity contribution in [3.05, 3.63) is 0 Å². The van der Waals surface area contributed by atoms with Crippen LogP contribution < -0.4 is 0 Å². The molecule has 1 saturated carbocycles. The fourth-order valence-corrected chi connectivity index (χ4v) is 1.76. The predicted octanol–water partition coefficient (Wildman–Crippen LogP) is 1.02. The van der Waals surface area contributed by atoms with Crippen LogP contribution in [0.1, 0.15) is 12.8 Å². The van der Waals surface area contributed by atoms with E-state index in [1.54, 1.807) is 0 Å². The summed E-state index contributed by atoms with van der Waals surface area (Å²) in [6.45, 7) is 0.733. The Morgan fingerprint density at radius 2 is 2.33 bits per heavy atom. The van der Waals surface area contributed by atoms with Gasteiger partial charge in [-0.05, 0) is 19.9 Å². The molecule has 4 heteroatoms. The zero-order valence-corrected chi connectivity index (χ0v) is 9.00. The van der Waals surface area contributed by atoms with Crippen LogP contribution in [0.5, 0.6) is 0 Å². The number of hydrogen-bond donors (Lipinski definition) is 0. The van der Waals surface area contributed by atoms with Crippen LogP contribution in [0.15, 0.2) is 0 Å². The smallest absolute Gasteiger partial charge is 0.320 e. The normalized spacial score (nSPS) is 19.3. The molecule has 0 bridgehead atoms. The molecule has 3 nitrogen and oxygen atoms in total. The molecule has 0 aromatic rings. The minimum absolute atomic E-state index is 0.187. The van der Waals surface area contributed by atoms with E-state index in [1.165, 1.54) is 20.0 Å². The number of halogens is 1. The maximum atomic E-state index is 11.0. The average Bonchev–Trinajstić information content (AvgIpc) is 2.84. The fraction of sp³-hybridized carbons (Fsp3) is 0.875. The molecule has 0 aliphatic heterocycles. The van der Waals surface area contributed by atoms with Crippen molar-refractivity contribution in [1.29, 1.82) is 0 Å². The number of hydrogen-bond acceptors (Lipinski definition) is 3. The number of esters is 1. The maximum absolute atomic E-state index is 11.0. The van der Waals surface area contributed by atoms with Gasteiger partial charge in [0.25, 0.3) is 0 Å². The standard InChI is InChI=1S/C8H14BrNO2/c1-10(6-3-4-6)5-7(9)8(11)12-2/h6-7H,3-5H2,1-2H3. The molecule has 0 radical (unpaired) electrons. The van der Waals surface area contributed by atoms with Crippen molar-refractivity contribution >= 4 is 21.9 Å². The van der Waals surface area contributed by atoms with Crippen LogP contribution in [0.2, 0.25) is 0 Å². The van der Waals surface area contributed by atoms with Gasteiger partial charge >= 0.3 is 5.97 Å². The van der Waals surface area contributed by atoms with Gasteiger partial charge in [-0.15, -0.1) is 0 Å². The number of methoxy groups -OCH3 is 1. The summed E-state index contributed by atoms with van der Waals surface area (Å²) in [5.74, 6) is -0.192. The molecule has 0 aromatic carbocycles. The van der Waals surface area contributed by atoms with E-state index < -0.39 is 0 Å². The maximum Gasteiger partial charge on any atom is 0.320 e. The van der Waals surface area contributed by atoms with E-state index in [1.807, 2.05) is 7.05 Å². The molecule has 1 aliphatic rings. The Bertz CT molecular complexity index is 170. The van der Waals surface area contributed by atoms with Gasteiger partial charge in [-0.1, -0.05) is 15.9 Å². The van der Waals surface area contributed by atoms with Gasteiger partial charge in [0.05, 0.1) is 7.11 Å². The highest BCUT2D eigenvalue weighted by Gasteiger charge is 2.29. The summed E-state index contributed by atoms with van der Waals surface area (Å²) in [7, 11) is 3.45. The first-order valence-electron chi connectivity index (χ1n) is 4.07. The van der Waals surface area contributed by atoms with E-state index in [2.05, 4.69) is 25.6 Å². The Morgan fingerprint density at radius 3 is 2.75 bits per heavy atom. The Morgan fingerprint density at radius 1 is 1.75 bits per heavy atom. The molecule has 0 N–H and O–H groups in total. The summed E-state index contributed by atoms with van der Waals surface area (Å²) in [6.07, 6.45) is 2.52. The summed E-state index contributed by atoms with van der Waals surface area (Å²) in [4.78, 5) is 13.0. The lowest BCUT2D eigenvalue weighted by Crippen LogP contribution is -2.32. The highest BCUT2D eigenvalue weighted by molar-refractivity contribution is 9.10. The number of ether oxygens (including phenoxy) is 1. The SMILES string of the molecule is COC(=O)C(Br)CN(C)C1CC1. The molecule has 1 unspecified atom stereocenters. The van der Waals surface area contributed by atoms with Gasteiger partial charge in [-0.2, -0.15) is 0 Å². The van der Waals surface area contributed by atoms with Crippen LogP contribution in [-0.4, -0.2) is 42.4 Å². The molecule has 0 spiro atoms. The highest BCUT2D eigenvalue weighted by atomic mass is 79.9. The second-order valence-corrected chi connectivity index (χ2v) is 4.27. The van der Waals surface area contributed by atoms with Gasteiger partial charge in [-0.3, -0.25) is 4.79 Å². The first-order valence-corrected chi connectivity index (χ1v) is 4.99. The lowest BCUT2D eigenvalue weighted by Gasteiger charge is -2.17. The molecule has 1 fully saturated rings. The van der Waals surface area contributed by atoms with Crippen LogP contribution in [0.4, 0.5) is 0 Å². The molecule has 70 valence electrons. The molecule has 12 heavy (non-hydrogen) atoms. The fourth-order valence-electron chi connectivity index (χ4n) is 1.12. The van der Waals surface area contributed by atoms with Crippen LogP contribution >= 0.6 is 15.9 Å². The van der Waals surface area contributed by atoms with Crippen LogP contribution in [-0.2, 0) is 9.53 Å². The quantitative estimate of drug-likeness (QED) is 0.539. The molecule has 1 atom stereocenters. The van der Waals surface area contributed by atoms with Crippen molar-refractivity contribution in [2.45, 2.75) is 23.7 Å². The largest absolute Gasteiger partial charge is 0.468 e. The van der Waals surface area contributed by atoms with E-state index in [0.717, 1.165) is 6.54 Å². The predicted molar refractivity (Wildman–Crippen MR) is 50.4 cm³/mol. The highest BCUT2D eigenvalue weighted by Crippen LogP contribution is 2.25. The molecule has 0 aromatic heterocycles. The molecule has 1 aliphatic carbocycles. The summed E-state index contributed by atoms with van der Waals surface area (Å²) < 4.78 is 4.60. The van der Waals surface area contributed by atoms with Gasteiger partial charge in [0.2, 0.25) is 0 Å². The van der Waals surface area contributed by atoms with Gasteiger partial charge in [0.1, 0.15) is 4.83 Å². The third kappa shape index (κ3) is 2.75. The summed E-state index contributed by atoms with van der Waals surface area (Å²) in [6, 6.07) is 0.690.